The molecule has 17 heavy (non-hydrogen) atoms. The zero-order chi connectivity index (χ0) is 13.2. The summed E-state index contributed by atoms with van der Waals surface area (Å²) in [6, 6.07) is 0.309. The van der Waals surface area contributed by atoms with Crippen molar-refractivity contribution >= 4 is 28.7 Å². The van der Waals surface area contributed by atoms with Crippen molar-refractivity contribution in [2.24, 2.45) is 5.92 Å². The molecule has 1 rings (SSSR count). The molecule has 1 saturated heterocycles. The minimum Gasteiger partial charge on any atom is -0.443 e. The highest BCUT2D eigenvalue weighted by atomic mass is 127. The Kier molecular flexibility index (Phi) is 5.10. The fourth-order valence-electron chi connectivity index (χ4n) is 1.79. The molecule has 1 fully saturated rings. The number of likely N-dealkylation sites (tertiary alicyclic amines) is 1. The van der Waals surface area contributed by atoms with E-state index in [-0.39, 0.29) is 11.7 Å². The van der Waals surface area contributed by atoms with Gasteiger partial charge < -0.3 is 9.64 Å². The van der Waals surface area contributed by atoms with Crippen molar-refractivity contribution in [3.05, 3.63) is 0 Å². The molecule has 3 nitrogen and oxygen atoms in total. The summed E-state index contributed by atoms with van der Waals surface area (Å²) in [6.45, 7) is 11.3. The van der Waals surface area contributed by atoms with Crippen molar-refractivity contribution < 1.29 is 9.53 Å². The van der Waals surface area contributed by atoms with Gasteiger partial charge in [0.1, 0.15) is 5.60 Å². The van der Waals surface area contributed by atoms with Crippen molar-refractivity contribution in [1.82, 2.24) is 4.90 Å². The van der Waals surface area contributed by atoms with Gasteiger partial charge in [0.2, 0.25) is 0 Å². The second-order valence-corrected chi connectivity index (χ2v) is 7.57. The molecule has 1 aliphatic rings. The Morgan fingerprint density at radius 1 is 1.53 bits per heavy atom. The van der Waals surface area contributed by atoms with Crippen LogP contribution < -0.4 is 0 Å². The molecule has 1 heterocycles. The highest BCUT2D eigenvalue weighted by Gasteiger charge is 2.39. The number of alkyl halides is 1. The van der Waals surface area contributed by atoms with E-state index in [2.05, 4.69) is 43.4 Å². The third-order valence-electron chi connectivity index (χ3n) is 3.31. The summed E-state index contributed by atoms with van der Waals surface area (Å²) in [5.74, 6) is 0.648. The number of hydrogen-bond acceptors (Lipinski definition) is 2. The standard InChI is InChI=1S/C13H24INO2/c1-9(2)6-7-13(4,5)17-12(16)15-8-11(14)10(15)3/h9-11H,6-8H2,1-5H3. The Labute approximate surface area is 118 Å². The third kappa shape index (κ3) is 4.30. The number of nitrogens with zero attached hydrogens (tertiary/aromatic N) is 1. The Morgan fingerprint density at radius 2 is 2.12 bits per heavy atom. The maximum absolute atomic E-state index is 11.9. The molecule has 0 aromatic carbocycles. The summed E-state index contributed by atoms with van der Waals surface area (Å²) < 4.78 is 6.16. The van der Waals surface area contributed by atoms with Gasteiger partial charge in [-0.25, -0.2) is 4.79 Å². The van der Waals surface area contributed by atoms with E-state index in [9.17, 15) is 4.79 Å². The van der Waals surface area contributed by atoms with Crippen LogP contribution in [-0.4, -0.2) is 33.1 Å². The number of rotatable bonds is 4. The molecule has 0 spiro atoms. The lowest BCUT2D eigenvalue weighted by Crippen LogP contribution is -2.59. The van der Waals surface area contributed by atoms with Crippen molar-refractivity contribution in [3.8, 4) is 0 Å². The molecule has 0 aliphatic carbocycles. The second-order valence-electron chi connectivity index (χ2n) is 5.97. The molecule has 0 aromatic heterocycles. The lowest BCUT2D eigenvalue weighted by molar-refractivity contribution is -0.0135. The first kappa shape index (κ1) is 15.1. The number of carbonyl (C=O) groups excluding carboxylic acids is 1. The van der Waals surface area contributed by atoms with Crippen molar-refractivity contribution in [3.63, 3.8) is 0 Å². The van der Waals surface area contributed by atoms with Crippen molar-refractivity contribution in [2.45, 2.75) is 63.0 Å². The first-order valence-electron chi connectivity index (χ1n) is 6.36. The Bertz CT molecular complexity index is 279. The predicted molar refractivity (Wildman–Crippen MR) is 78.6 cm³/mol. The fraction of sp³-hybridized carbons (Fsp3) is 0.923. The molecule has 1 aliphatic heterocycles. The maximum Gasteiger partial charge on any atom is 0.410 e. The van der Waals surface area contributed by atoms with Crippen LogP contribution in [0.2, 0.25) is 0 Å². The zero-order valence-electron chi connectivity index (χ0n) is 11.5. The largest absolute Gasteiger partial charge is 0.443 e. The SMILES string of the molecule is CC(C)CCC(C)(C)OC(=O)N1CC(I)C1C. The van der Waals surface area contributed by atoms with E-state index in [1.165, 1.54) is 0 Å². The molecule has 0 bridgehead atoms. The van der Waals surface area contributed by atoms with Gasteiger partial charge in [-0.2, -0.15) is 0 Å². The minimum atomic E-state index is -0.350. The van der Waals surface area contributed by atoms with Crippen LogP contribution in [0.1, 0.15) is 47.5 Å². The van der Waals surface area contributed by atoms with Gasteiger partial charge in [-0.05, 0) is 39.5 Å². The quantitative estimate of drug-likeness (QED) is 0.568. The summed E-state index contributed by atoms with van der Waals surface area (Å²) in [6.07, 6.45) is 1.86. The summed E-state index contributed by atoms with van der Waals surface area (Å²) in [7, 11) is 0. The molecule has 2 atom stereocenters. The van der Waals surface area contributed by atoms with Gasteiger partial charge in [-0.15, -0.1) is 0 Å². The Balaban J connectivity index is 2.39. The lowest BCUT2D eigenvalue weighted by Gasteiger charge is -2.44. The number of hydrogen-bond donors (Lipinski definition) is 0. The number of amides is 1. The van der Waals surface area contributed by atoms with E-state index in [0.29, 0.717) is 15.9 Å². The lowest BCUT2D eigenvalue weighted by atomic mass is 9.97. The van der Waals surface area contributed by atoms with Crippen LogP contribution >= 0.6 is 22.6 Å². The zero-order valence-corrected chi connectivity index (χ0v) is 13.7. The van der Waals surface area contributed by atoms with Crippen molar-refractivity contribution in [1.29, 1.82) is 0 Å². The monoisotopic (exact) mass is 353 g/mol. The Hall–Kier alpha value is 0. The molecular weight excluding hydrogens is 329 g/mol. The van der Waals surface area contributed by atoms with Gasteiger partial charge in [0, 0.05) is 16.5 Å². The first-order valence-corrected chi connectivity index (χ1v) is 7.61. The normalized spacial score (nSPS) is 24.8. The van der Waals surface area contributed by atoms with E-state index in [0.717, 1.165) is 19.4 Å². The minimum absolute atomic E-state index is 0.154. The molecule has 1 amide bonds. The summed E-state index contributed by atoms with van der Waals surface area (Å²) >= 11 is 2.38. The predicted octanol–water partition coefficient (Wildman–Crippen LogP) is 3.85. The molecule has 0 aromatic rings. The molecular formula is C13H24INO2. The highest BCUT2D eigenvalue weighted by molar-refractivity contribution is 14.1. The van der Waals surface area contributed by atoms with Crippen LogP contribution in [0.25, 0.3) is 0 Å². The van der Waals surface area contributed by atoms with Gasteiger partial charge in [0.15, 0.2) is 0 Å². The van der Waals surface area contributed by atoms with Crippen LogP contribution in [0, 0.1) is 5.92 Å². The number of carbonyl (C=O) groups is 1. The van der Waals surface area contributed by atoms with Gasteiger partial charge in [-0.1, -0.05) is 36.4 Å². The molecule has 100 valence electrons. The molecule has 0 radical (unpaired) electrons. The highest BCUT2D eigenvalue weighted by Crippen LogP contribution is 2.28. The Morgan fingerprint density at radius 3 is 2.53 bits per heavy atom. The molecule has 0 N–H and O–H groups in total. The van der Waals surface area contributed by atoms with E-state index in [4.69, 9.17) is 4.74 Å². The topological polar surface area (TPSA) is 29.5 Å². The van der Waals surface area contributed by atoms with Gasteiger partial charge in [0.25, 0.3) is 0 Å². The summed E-state index contributed by atoms with van der Waals surface area (Å²) in [4.78, 5) is 13.8. The van der Waals surface area contributed by atoms with E-state index in [1.54, 1.807) is 0 Å². The molecule has 4 heteroatoms. The van der Waals surface area contributed by atoms with Gasteiger partial charge in [0.05, 0.1) is 0 Å². The first-order chi connectivity index (χ1) is 7.73. The second kappa shape index (κ2) is 5.76. The number of ether oxygens (including phenoxy) is 1. The average molecular weight is 353 g/mol. The van der Waals surface area contributed by atoms with Crippen molar-refractivity contribution in [2.75, 3.05) is 6.54 Å². The maximum atomic E-state index is 11.9. The van der Waals surface area contributed by atoms with Crippen LogP contribution in [0.3, 0.4) is 0 Å². The smallest absolute Gasteiger partial charge is 0.410 e. The van der Waals surface area contributed by atoms with Crippen LogP contribution in [0.4, 0.5) is 4.79 Å². The van der Waals surface area contributed by atoms with Crippen LogP contribution in [0.15, 0.2) is 0 Å². The van der Waals surface area contributed by atoms with Gasteiger partial charge in [-0.3, -0.25) is 0 Å². The molecule has 0 saturated carbocycles. The van der Waals surface area contributed by atoms with E-state index in [1.807, 2.05) is 18.7 Å². The van der Waals surface area contributed by atoms with Crippen LogP contribution in [0.5, 0.6) is 0 Å². The number of halogens is 1. The van der Waals surface area contributed by atoms with E-state index >= 15 is 0 Å². The third-order valence-corrected chi connectivity index (χ3v) is 4.74. The van der Waals surface area contributed by atoms with Gasteiger partial charge >= 0.3 is 6.09 Å². The van der Waals surface area contributed by atoms with Crippen LogP contribution in [-0.2, 0) is 4.74 Å². The van der Waals surface area contributed by atoms with E-state index < -0.39 is 0 Å². The summed E-state index contributed by atoms with van der Waals surface area (Å²) in [5, 5.41) is 0. The average Bonchev–Trinajstić information content (AvgIpc) is 2.21. The fourth-order valence-corrected chi connectivity index (χ4v) is 2.60. The molecule has 2 unspecified atom stereocenters. The summed E-state index contributed by atoms with van der Waals surface area (Å²) in [5.41, 5.74) is -0.350.